The minimum absolute atomic E-state index is 0.0168. The van der Waals surface area contributed by atoms with Crippen molar-refractivity contribution in [3.05, 3.63) is 112 Å². The number of amides is 2. The van der Waals surface area contributed by atoms with Crippen LogP contribution in [0.5, 0.6) is 11.9 Å². The van der Waals surface area contributed by atoms with Crippen molar-refractivity contribution in [2.75, 3.05) is 69.7 Å². The van der Waals surface area contributed by atoms with Gasteiger partial charge in [0, 0.05) is 86.3 Å². The number of piperidine rings is 1. The number of nitrogen functional groups attached to an aromatic ring is 1. The van der Waals surface area contributed by atoms with Crippen molar-refractivity contribution in [3.8, 4) is 40.2 Å². The zero-order valence-corrected chi connectivity index (χ0v) is 47.0. The zero-order valence-electron chi connectivity index (χ0n) is 45.5. The Morgan fingerprint density at radius 3 is 2.45 bits per heavy atom. The Morgan fingerprint density at radius 1 is 0.976 bits per heavy atom. The van der Waals surface area contributed by atoms with E-state index in [-0.39, 0.29) is 117 Å². The molecule has 436 valence electrons. The largest absolute Gasteiger partial charge is 0.472 e. The summed E-state index contributed by atoms with van der Waals surface area (Å²) >= 11 is 7.82. The van der Waals surface area contributed by atoms with Gasteiger partial charge < -0.3 is 45.3 Å². The molecule has 0 spiro atoms. The number of carbonyl (C=O) groups excluding carboxylic acids is 2. The smallest absolute Gasteiger partial charge is 0.319 e. The van der Waals surface area contributed by atoms with Crippen molar-refractivity contribution in [1.29, 1.82) is 5.26 Å². The third kappa shape index (κ3) is 11.6. The summed E-state index contributed by atoms with van der Waals surface area (Å²) in [6, 6.07) is 13.3. The second-order valence-electron chi connectivity index (χ2n) is 22.4. The van der Waals surface area contributed by atoms with Crippen LogP contribution in [0.15, 0.2) is 65.2 Å². The molecule has 0 aliphatic carbocycles. The number of hydrogen-bond donors (Lipinski definition) is 4. The number of ether oxygens (including phenoxy) is 2. The maximum atomic E-state index is 17.3. The van der Waals surface area contributed by atoms with E-state index in [2.05, 4.69) is 25.7 Å². The summed E-state index contributed by atoms with van der Waals surface area (Å²) in [5, 5.41) is 31.8. The molecule has 24 heteroatoms. The quantitative estimate of drug-likeness (QED) is 0.0665. The molecule has 4 saturated heterocycles. The highest BCUT2D eigenvalue weighted by atomic mass is 35.5. The number of carbonyl (C=O) groups is 2. The number of β-amino-alcohol motifs (C(OH)–C–C–N with tert-alkyl or cyclic N) is 1. The van der Waals surface area contributed by atoms with Gasteiger partial charge in [0.05, 0.1) is 33.0 Å². The minimum Gasteiger partial charge on any atom is -0.472 e. The average Bonchev–Trinajstić information content (AvgIpc) is 4.43. The molecule has 2 amide bonds. The second-order valence-corrected chi connectivity index (χ2v) is 23.8. The van der Waals surface area contributed by atoms with Crippen LogP contribution in [0.1, 0.15) is 81.7 Å². The fourth-order valence-electron chi connectivity index (χ4n) is 12.0. The highest BCUT2D eigenvalue weighted by molar-refractivity contribution is 7.23. The highest BCUT2D eigenvalue weighted by Gasteiger charge is 2.44. The molecule has 2 unspecified atom stereocenters. The number of likely N-dealkylation sites (tertiary alicyclic amines) is 2. The molecule has 0 saturated carbocycles. The maximum absolute atomic E-state index is 17.3. The van der Waals surface area contributed by atoms with E-state index in [1.54, 1.807) is 39.0 Å². The molecule has 83 heavy (non-hydrogen) atoms. The number of thiophene rings is 1. The molecular formula is C59H59ClF6N10O6S. The van der Waals surface area contributed by atoms with Gasteiger partial charge >= 0.3 is 6.01 Å². The number of alkyl halides is 1. The predicted octanol–water partition coefficient (Wildman–Crippen LogP) is 10.00. The van der Waals surface area contributed by atoms with E-state index in [9.17, 15) is 33.1 Å². The first-order valence-electron chi connectivity index (χ1n) is 27.5. The first-order chi connectivity index (χ1) is 39.8. The number of nitrogens with two attached hydrogens (primary N) is 1. The number of rotatable bonds is 16. The number of benzene rings is 4. The Balaban J connectivity index is 0.717. The van der Waals surface area contributed by atoms with Gasteiger partial charge in [-0.3, -0.25) is 14.5 Å². The summed E-state index contributed by atoms with van der Waals surface area (Å²) in [5.74, 6) is -5.91. The lowest BCUT2D eigenvalue weighted by atomic mass is 9.91. The lowest BCUT2D eigenvalue weighted by Crippen LogP contribution is -2.48. The van der Waals surface area contributed by atoms with Gasteiger partial charge in [-0.05, 0) is 85.0 Å². The van der Waals surface area contributed by atoms with Gasteiger partial charge in [-0.2, -0.15) is 15.2 Å². The number of nitriles is 1. The molecule has 3 aromatic heterocycles. The van der Waals surface area contributed by atoms with Crippen LogP contribution >= 0.6 is 22.9 Å². The first kappa shape index (κ1) is 57.6. The lowest BCUT2D eigenvalue weighted by molar-refractivity contribution is -0.141. The monoisotopic (exact) mass is 1180 g/mol. The molecule has 6 atom stereocenters. The number of nitrogens with one attached hydrogen (secondary N) is 2. The number of halogens is 7. The van der Waals surface area contributed by atoms with Crippen LogP contribution in [-0.2, 0) is 9.59 Å². The summed E-state index contributed by atoms with van der Waals surface area (Å²) < 4.78 is 109. The van der Waals surface area contributed by atoms with Gasteiger partial charge in [0.1, 0.15) is 76.5 Å². The normalized spacial score (nSPS) is 20.7. The Kier molecular flexibility index (Phi) is 16.3. The Bertz CT molecular complexity index is 3650. The lowest BCUT2D eigenvalue weighted by Gasteiger charge is -2.35. The molecule has 0 radical (unpaired) electrons. The van der Waals surface area contributed by atoms with Gasteiger partial charge in [-0.1, -0.05) is 55.8 Å². The number of fused-ring (bicyclic) bond motifs is 4. The summed E-state index contributed by atoms with van der Waals surface area (Å²) in [6.45, 7) is 8.08. The van der Waals surface area contributed by atoms with Gasteiger partial charge in [-0.15, -0.1) is 11.3 Å². The molecular weight excluding hydrogens is 1130 g/mol. The Hall–Kier alpha value is -7.23. The summed E-state index contributed by atoms with van der Waals surface area (Å²) in [4.78, 5) is 42.9. The Labute approximate surface area is 482 Å². The summed E-state index contributed by atoms with van der Waals surface area (Å²) in [7, 11) is 0. The predicted molar refractivity (Wildman–Crippen MR) is 300 cm³/mol. The van der Waals surface area contributed by atoms with Crippen LogP contribution in [-0.4, -0.2) is 125 Å². The van der Waals surface area contributed by atoms with Crippen molar-refractivity contribution >= 4 is 66.6 Å². The number of aliphatic hydroxyl groups is 1. The van der Waals surface area contributed by atoms with Crippen molar-refractivity contribution in [2.24, 2.45) is 11.8 Å². The van der Waals surface area contributed by atoms with Gasteiger partial charge in [0.25, 0.3) is 5.88 Å². The highest BCUT2D eigenvalue weighted by Crippen LogP contribution is 2.46. The number of nitrogens with zero attached hydrogens (tertiary/aromatic N) is 7. The molecule has 11 rings (SSSR count). The summed E-state index contributed by atoms with van der Waals surface area (Å²) in [5.41, 5.74) is 4.79. The third-order valence-electron chi connectivity index (χ3n) is 16.4. The van der Waals surface area contributed by atoms with Crippen molar-refractivity contribution in [2.45, 2.75) is 88.7 Å². The first-order valence-corrected chi connectivity index (χ1v) is 28.7. The average molecular weight is 1190 g/mol. The molecule has 16 nitrogen and oxygen atoms in total. The van der Waals surface area contributed by atoms with Gasteiger partial charge in [0.2, 0.25) is 11.8 Å². The molecule has 7 aromatic rings. The minimum atomic E-state index is -1.75. The number of aromatic nitrogens is 3. The standard InChI is InChI=1S/C59H59ClF6N10O6S/c1-29(2)47(57(79)76-27-36(77)21-44(76)56(78)70-30(3)32-4-6-33(7-5-32)48-42(63)19-34(61)20-43(48)64)45-23-46(73-82-45)81-28-59(66)11-14-74(15-12-59)16-17-80-58-71-52-38(55(72-58)75-13-10-31-18-35(26-75)69-25-31)22-40(60)50(51(52)65)37-8-9-41(62)53-49(37)39(24-67)54(68)83-53/h4-9,19-20,22-23,29-31,35-36,44,47,69,77H,10-18,21,25-28,68H2,1-3H3,(H,70,78)/t30-,31?,35?,36+,44-,47+/m0/s1. The number of aliphatic hydroxyl groups excluding tert-OH is 1. The van der Waals surface area contributed by atoms with Crippen LogP contribution in [0.4, 0.5) is 37.2 Å². The molecule has 4 aliphatic rings. The van der Waals surface area contributed by atoms with Gasteiger partial charge in [-0.25, -0.2) is 26.3 Å². The number of hydrogen-bond acceptors (Lipinski definition) is 15. The van der Waals surface area contributed by atoms with E-state index in [0.29, 0.717) is 67.5 Å². The maximum Gasteiger partial charge on any atom is 0.319 e. The SMILES string of the molecule is CC(C)[C@@H](C(=O)N1C[C@H](O)C[C@H]1C(=O)N[C@@H](C)c1ccc(-c2c(F)cc(F)cc2F)cc1)c1cc(OCC2(F)CCN(CCOc3nc(N4CCC5CNC(C5)C4)c4cc(Cl)c(-c5ccc(F)c6sc(N)c(C#N)c56)c(F)c4n3)CC2)no1. The van der Waals surface area contributed by atoms with Crippen LogP contribution in [0.2, 0.25) is 5.02 Å². The zero-order chi connectivity index (χ0) is 58.6. The third-order valence-corrected chi connectivity index (χ3v) is 17.8. The number of anilines is 2. The molecule has 4 fully saturated rings. The van der Waals surface area contributed by atoms with E-state index in [4.69, 9.17) is 36.3 Å². The fraction of sp³-hybridized carbons (Fsp3) is 0.424. The Morgan fingerprint density at radius 2 is 1.72 bits per heavy atom. The van der Waals surface area contributed by atoms with Crippen molar-refractivity contribution in [1.82, 2.24) is 35.6 Å². The van der Waals surface area contributed by atoms with Crippen LogP contribution < -0.4 is 30.7 Å². The van der Waals surface area contributed by atoms with Crippen LogP contribution in [0.3, 0.4) is 0 Å². The van der Waals surface area contributed by atoms with E-state index < -0.39 is 76.2 Å². The van der Waals surface area contributed by atoms with Gasteiger partial charge in [0.15, 0.2) is 11.6 Å². The van der Waals surface area contributed by atoms with E-state index in [1.807, 2.05) is 11.0 Å². The second kappa shape index (κ2) is 23.4. The van der Waals surface area contributed by atoms with Crippen LogP contribution in [0.25, 0.3) is 43.2 Å². The van der Waals surface area contributed by atoms with Crippen LogP contribution in [0, 0.1) is 52.3 Å². The van der Waals surface area contributed by atoms with Crippen molar-refractivity contribution < 1.29 is 55.0 Å². The van der Waals surface area contributed by atoms with E-state index in [1.165, 1.54) is 35.2 Å². The van der Waals surface area contributed by atoms with E-state index >= 15 is 13.2 Å². The molecule has 7 heterocycles. The molecule has 4 aliphatic heterocycles. The topological polar surface area (TPSA) is 208 Å². The molecule has 2 bridgehead atoms. The van der Waals surface area contributed by atoms with E-state index in [0.717, 1.165) is 30.7 Å². The molecule has 4 aromatic carbocycles. The van der Waals surface area contributed by atoms with Crippen molar-refractivity contribution in [3.63, 3.8) is 0 Å². The summed E-state index contributed by atoms with van der Waals surface area (Å²) in [6.07, 6.45) is 1.04. The molecule has 5 N–H and O–H groups in total. The fourth-order valence-corrected chi connectivity index (χ4v) is 13.3.